The van der Waals surface area contributed by atoms with Crippen molar-refractivity contribution in [2.45, 2.75) is 57.8 Å². The fourth-order valence-electron chi connectivity index (χ4n) is 5.56. The van der Waals surface area contributed by atoms with Gasteiger partial charge in [0, 0.05) is 21.6 Å². The van der Waals surface area contributed by atoms with Crippen molar-refractivity contribution in [3.8, 4) is 17.1 Å². The molecule has 7 heteroatoms. The maximum absolute atomic E-state index is 6.61. The van der Waals surface area contributed by atoms with Crippen LogP contribution in [0.1, 0.15) is 46.5 Å². The van der Waals surface area contributed by atoms with Crippen LogP contribution in [-0.2, 0) is 0 Å². The number of halogens is 1. The molecule has 0 unspecified atom stereocenters. The number of anilines is 1. The number of nitrogens with one attached hydrogen (secondary N) is 1. The molecule has 1 saturated carbocycles. The molecule has 31 heavy (non-hydrogen) atoms. The van der Waals surface area contributed by atoms with Crippen LogP contribution >= 0.6 is 27.7 Å². The van der Waals surface area contributed by atoms with Crippen LogP contribution in [0.3, 0.4) is 0 Å². The van der Waals surface area contributed by atoms with E-state index in [-0.39, 0.29) is 6.23 Å². The lowest BCUT2D eigenvalue weighted by Crippen LogP contribution is -2.45. The lowest BCUT2D eigenvalue weighted by molar-refractivity contribution is 0.0519. The highest BCUT2D eigenvalue weighted by Crippen LogP contribution is 2.52. The first kappa shape index (κ1) is 21.3. The van der Waals surface area contributed by atoms with Crippen LogP contribution in [0.25, 0.3) is 11.3 Å². The molecule has 0 amide bonds. The summed E-state index contributed by atoms with van der Waals surface area (Å²) in [6.45, 7) is 7.24. The Bertz CT molecular complexity index is 1040. The fraction of sp³-hybridized carbons (Fsp3) is 0.542. The molecule has 2 aromatic rings. The van der Waals surface area contributed by atoms with E-state index in [9.17, 15) is 0 Å². The van der Waals surface area contributed by atoms with Crippen LogP contribution < -0.4 is 10.1 Å². The number of nitrogens with zero attached hydrogens (tertiary/aromatic N) is 3. The standard InChI is InChI=1S/C24H29BrN4OS/c1-13-10-14-6-5-9-24(2,3)18(14)12-16(13)21-26-19-8-7-15(25)11-17(19)20-22(30-21)27-23(31-4)29-28-20/h6-8,11,13,16,18,21,26H,5,9-10,12H2,1-4H3/t13-,16+,18-,21+/m0/s1. The van der Waals surface area contributed by atoms with E-state index in [1.807, 2.05) is 6.26 Å². The van der Waals surface area contributed by atoms with E-state index >= 15 is 0 Å². The zero-order valence-electron chi connectivity index (χ0n) is 18.5. The molecule has 3 aliphatic rings. The second-order valence-corrected chi connectivity index (χ2v) is 11.5. The molecule has 164 valence electrons. The van der Waals surface area contributed by atoms with E-state index in [2.05, 4.69) is 76.5 Å². The molecule has 1 N–H and O–H groups in total. The Morgan fingerprint density at radius 2 is 2.10 bits per heavy atom. The Morgan fingerprint density at radius 3 is 2.90 bits per heavy atom. The van der Waals surface area contributed by atoms with Gasteiger partial charge in [-0.15, -0.1) is 10.2 Å². The maximum atomic E-state index is 6.61. The Balaban J connectivity index is 1.55. The number of rotatable bonds is 2. The van der Waals surface area contributed by atoms with Crippen molar-refractivity contribution in [2.75, 3.05) is 11.6 Å². The molecule has 5 nitrogen and oxygen atoms in total. The molecule has 1 aliphatic heterocycles. The van der Waals surface area contributed by atoms with Crippen LogP contribution in [0.2, 0.25) is 0 Å². The zero-order chi connectivity index (χ0) is 21.8. The van der Waals surface area contributed by atoms with Gasteiger partial charge in [-0.1, -0.05) is 60.1 Å². The third kappa shape index (κ3) is 3.88. The highest BCUT2D eigenvalue weighted by atomic mass is 79.9. The summed E-state index contributed by atoms with van der Waals surface area (Å²) in [4.78, 5) is 4.70. The normalized spacial score (nSPS) is 28.7. The minimum atomic E-state index is -0.151. The number of fused-ring (bicyclic) bond motifs is 4. The van der Waals surface area contributed by atoms with Crippen molar-refractivity contribution < 1.29 is 4.74 Å². The summed E-state index contributed by atoms with van der Waals surface area (Å²) in [7, 11) is 0. The van der Waals surface area contributed by atoms with Crippen LogP contribution in [0, 0.1) is 23.2 Å². The Hall–Kier alpha value is -1.60. The van der Waals surface area contributed by atoms with Crippen molar-refractivity contribution >= 4 is 33.4 Å². The molecule has 2 heterocycles. The largest absolute Gasteiger partial charge is 0.452 e. The second kappa shape index (κ2) is 8.07. The van der Waals surface area contributed by atoms with Gasteiger partial charge in [-0.25, -0.2) is 0 Å². The third-order valence-corrected chi connectivity index (χ3v) is 8.39. The molecule has 0 spiro atoms. The molecule has 0 radical (unpaired) electrons. The van der Waals surface area contributed by atoms with Crippen molar-refractivity contribution in [1.29, 1.82) is 0 Å². The number of benzene rings is 1. The van der Waals surface area contributed by atoms with Gasteiger partial charge < -0.3 is 10.1 Å². The number of hydrogen-bond acceptors (Lipinski definition) is 6. The monoisotopic (exact) mass is 500 g/mol. The first-order chi connectivity index (χ1) is 14.9. The zero-order valence-corrected chi connectivity index (χ0v) is 20.9. The number of allylic oxidation sites excluding steroid dienone is 2. The molecular formula is C24H29BrN4OS. The van der Waals surface area contributed by atoms with Crippen LogP contribution in [0.15, 0.2) is 39.5 Å². The van der Waals surface area contributed by atoms with E-state index in [0.717, 1.165) is 28.6 Å². The van der Waals surface area contributed by atoms with E-state index in [1.54, 1.807) is 5.57 Å². The van der Waals surface area contributed by atoms with Gasteiger partial charge in [0.2, 0.25) is 11.0 Å². The Kier molecular flexibility index (Phi) is 5.53. The topological polar surface area (TPSA) is 59.9 Å². The van der Waals surface area contributed by atoms with Gasteiger partial charge in [0.25, 0.3) is 0 Å². The summed E-state index contributed by atoms with van der Waals surface area (Å²) in [5.74, 6) is 2.11. The lowest BCUT2D eigenvalue weighted by atomic mass is 9.59. The Morgan fingerprint density at radius 1 is 1.26 bits per heavy atom. The summed E-state index contributed by atoms with van der Waals surface area (Å²) in [5, 5.41) is 13.1. The van der Waals surface area contributed by atoms with E-state index in [0.29, 0.717) is 39.9 Å². The minimum Gasteiger partial charge on any atom is -0.452 e. The van der Waals surface area contributed by atoms with Gasteiger partial charge in [-0.3, -0.25) is 0 Å². The van der Waals surface area contributed by atoms with Crippen LogP contribution in [-0.4, -0.2) is 27.7 Å². The smallest absolute Gasteiger partial charge is 0.247 e. The van der Waals surface area contributed by atoms with Gasteiger partial charge in [-0.2, -0.15) is 4.98 Å². The number of thioether (sulfide) groups is 1. The predicted octanol–water partition coefficient (Wildman–Crippen LogP) is 6.56. The first-order valence-electron chi connectivity index (χ1n) is 11.1. The number of hydrogen-bond donors (Lipinski definition) is 1. The lowest BCUT2D eigenvalue weighted by Gasteiger charge is -2.48. The van der Waals surface area contributed by atoms with Gasteiger partial charge in [0.05, 0.1) is 0 Å². The van der Waals surface area contributed by atoms with E-state index in [1.165, 1.54) is 24.6 Å². The summed E-state index contributed by atoms with van der Waals surface area (Å²) < 4.78 is 7.60. The molecule has 1 aromatic carbocycles. The Labute approximate surface area is 197 Å². The number of aromatic nitrogens is 3. The quantitative estimate of drug-likeness (QED) is 0.371. The van der Waals surface area contributed by atoms with E-state index < -0.39 is 0 Å². The van der Waals surface area contributed by atoms with E-state index in [4.69, 9.17) is 9.72 Å². The predicted molar refractivity (Wildman–Crippen MR) is 129 cm³/mol. The van der Waals surface area contributed by atoms with Crippen molar-refractivity contribution in [1.82, 2.24) is 15.2 Å². The summed E-state index contributed by atoms with van der Waals surface area (Å²) in [6, 6.07) is 6.22. The van der Waals surface area contributed by atoms with Gasteiger partial charge in [-0.05, 0) is 67.4 Å². The van der Waals surface area contributed by atoms with Gasteiger partial charge >= 0.3 is 0 Å². The molecule has 0 bridgehead atoms. The SMILES string of the molecule is CSc1nnc2c(n1)O[C@H]([C@@H]1C[C@H]3C(=CCCC3(C)C)C[C@@H]1C)Nc1ccc(Br)cc1-2. The average molecular weight is 501 g/mol. The fourth-order valence-corrected chi connectivity index (χ4v) is 6.22. The first-order valence-corrected chi connectivity index (χ1v) is 13.1. The molecule has 1 fully saturated rings. The number of ether oxygens (including phenoxy) is 1. The van der Waals surface area contributed by atoms with Crippen LogP contribution in [0.4, 0.5) is 5.69 Å². The van der Waals surface area contributed by atoms with Crippen molar-refractivity contribution in [3.63, 3.8) is 0 Å². The average Bonchev–Trinajstić information content (AvgIpc) is 2.89. The van der Waals surface area contributed by atoms with Crippen molar-refractivity contribution in [3.05, 3.63) is 34.3 Å². The third-order valence-electron chi connectivity index (χ3n) is 7.36. The molecule has 5 rings (SSSR count). The summed E-state index contributed by atoms with van der Waals surface area (Å²) in [6.07, 6.45) is 9.07. The minimum absolute atomic E-state index is 0.151. The van der Waals surface area contributed by atoms with Crippen LogP contribution in [0.5, 0.6) is 5.88 Å². The highest BCUT2D eigenvalue weighted by Gasteiger charge is 2.44. The molecular weight excluding hydrogens is 472 g/mol. The molecule has 1 aromatic heterocycles. The van der Waals surface area contributed by atoms with Crippen molar-refractivity contribution in [2.24, 2.45) is 23.2 Å². The molecule has 4 atom stereocenters. The summed E-state index contributed by atoms with van der Waals surface area (Å²) in [5.41, 5.74) is 4.69. The van der Waals surface area contributed by atoms with Gasteiger partial charge in [0.15, 0.2) is 11.9 Å². The maximum Gasteiger partial charge on any atom is 0.247 e. The summed E-state index contributed by atoms with van der Waals surface area (Å²) >= 11 is 5.08. The molecule has 2 aliphatic carbocycles. The second-order valence-electron chi connectivity index (χ2n) is 9.76. The highest BCUT2D eigenvalue weighted by molar-refractivity contribution is 9.10. The van der Waals surface area contributed by atoms with Gasteiger partial charge in [0.1, 0.15) is 0 Å². The molecule has 0 saturated heterocycles.